The summed E-state index contributed by atoms with van der Waals surface area (Å²) in [6.45, 7) is 5.82. The van der Waals surface area contributed by atoms with Gasteiger partial charge in [-0.1, -0.05) is 0 Å². The van der Waals surface area contributed by atoms with Crippen molar-refractivity contribution in [2.75, 3.05) is 20.2 Å². The molecule has 0 spiro atoms. The van der Waals surface area contributed by atoms with Crippen LogP contribution in [-0.4, -0.2) is 26.1 Å². The summed E-state index contributed by atoms with van der Waals surface area (Å²) in [4.78, 5) is 12.4. The molecule has 1 aliphatic heterocycles. The summed E-state index contributed by atoms with van der Waals surface area (Å²) in [6, 6.07) is 5.62. The number of carbonyl (C=O) groups is 1. The standard InChI is InChI=1S/C18H24N2O3.ClH/c1-11-15-10-14(22-3)4-5-16(15)23-17(11)12(2)20-18(21)13-6-8-19-9-7-13;/h4-5,10,12-13,19H,6-9H2,1-3H3,(H,20,21);1H. The highest BCUT2D eigenvalue weighted by molar-refractivity contribution is 5.85. The number of hydrogen-bond donors (Lipinski definition) is 2. The van der Waals surface area contributed by atoms with Crippen molar-refractivity contribution in [3.05, 3.63) is 29.5 Å². The van der Waals surface area contributed by atoms with Crippen molar-refractivity contribution in [1.82, 2.24) is 10.6 Å². The van der Waals surface area contributed by atoms with Crippen molar-refractivity contribution >= 4 is 29.3 Å². The van der Waals surface area contributed by atoms with E-state index in [1.54, 1.807) is 7.11 Å². The molecule has 1 aliphatic rings. The van der Waals surface area contributed by atoms with Crippen molar-refractivity contribution in [2.45, 2.75) is 32.7 Å². The molecule has 1 fully saturated rings. The number of furan rings is 1. The predicted octanol–water partition coefficient (Wildman–Crippen LogP) is 3.35. The molecule has 6 heteroatoms. The molecule has 2 N–H and O–H groups in total. The maximum atomic E-state index is 12.4. The second-order valence-electron chi connectivity index (χ2n) is 6.21. The topological polar surface area (TPSA) is 63.5 Å². The van der Waals surface area contributed by atoms with Gasteiger partial charge in [-0.15, -0.1) is 12.4 Å². The summed E-state index contributed by atoms with van der Waals surface area (Å²) in [5.74, 6) is 1.84. The minimum atomic E-state index is -0.143. The first-order valence-electron chi connectivity index (χ1n) is 8.18. The van der Waals surface area contributed by atoms with Crippen LogP contribution < -0.4 is 15.4 Å². The maximum Gasteiger partial charge on any atom is 0.223 e. The van der Waals surface area contributed by atoms with E-state index in [1.807, 2.05) is 32.0 Å². The molecule has 1 unspecified atom stereocenters. The van der Waals surface area contributed by atoms with Crippen molar-refractivity contribution in [2.24, 2.45) is 5.92 Å². The van der Waals surface area contributed by atoms with Crippen LogP contribution in [0.1, 0.15) is 37.1 Å². The predicted molar refractivity (Wildman–Crippen MR) is 96.9 cm³/mol. The summed E-state index contributed by atoms with van der Waals surface area (Å²) in [5.41, 5.74) is 1.87. The maximum absolute atomic E-state index is 12.4. The summed E-state index contributed by atoms with van der Waals surface area (Å²) in [7, 11) is 1.65. The van der Waals surface area contributed by atoms with Crippen LogP contribution in [0.25, 0.3) is 11.0 Å². The largest absolute Gasteiger partial charge is 0.497 e. The number of ether oxygens (including phenoxy) is 1. The molecule has 2 aromatic rings. The molecular weight excluding hydrogens is 328 g/mol. The van der Waals surface area contributed by atoms with E-state index in [9.17, 15) is 4.79 Å². The van der Waals surface area contributed by atoms with Crippen molar-refractivity contribution in [1.29, 1.82) is 0 Å². The number of hydrogen-bond acceptors (Lipinski definition) is 4. The van der Waals surface area contributed by atoms with Gasteiger partial charge in [-0.3, -0.25) is 4.79 Å². The zero-order valence-electron chi connectivity index (χ0n) is 14.3. The van der Waals surface area contributed by atoms with Gasteiger partial charge in [0.25, 0.3) is 0 Å². The third-order valence-corrected chi connectivity index (χ3v) is 4.64. The number of carbonyl (C=O) groups excluding carboxylic acids is 1. The zero-order valence-corrected chi connectivity index (χ0v) is 15.2. The average Bonchev–Trinajstić information content (AvgIpc) is 2.92. The molecule has 132 valence electrons. The lowest BCUT2D eigenvalue weighted by atomic mass is 9.96. The van der Waals surface area contributed by atoms with Crippen LogP contribution in [0.2, 0.25) is 0 Å². The minimum Gasteiger partial charge on any atom is -0.497 e. The Labute approximate surface area is 148 Å². The van der Waals surface area contributed by atoms with E-state index in [4.69, 9.17) is 9.15 Å². The number of benzene rings is 1. The summed E-state index contributed by atoms with van der Waals surface area (Å²) < 4.78 is 11.2. The molecule has 5 nitrogen and oxygen atoms in total. The molecule has 0 bridgehead atoms. The van der Waals surface area contributed by atoms with Crippen LogP contribution >= 0.6 is 12.4 Å². The average molecular weight is 353 g/mol. The summed E-state index contributed by atoms with van der Waals surface area (Å²) in [6.07, 6.45) is 1.80. The Morgan fingerprint density at radius 1 is 1.38 bits per heavy atom. The zero-order chi connectivity index (χ0) is 16.4. The molecule has 1 amide bonds. The van der Waals surface area contributed by atoms with Gasteiger partial charge >= 0.3 is 0 Å². The first-order chi connectivity index (χ1) is 11.1. The Morgan fingerprint density at radius 3 is 2.75 bits per heavy atom. The van der Waals surface area contributed by atoms with Gasteiger partial charge in [-0.25, -0.2) is 0 Å². The molecule has 3 rings (SSSR count). The number of aryl methyl sites for hydroxylation is 1. The highest BCUT2D eigenvalue weighted by Gasteiger charge is 2.24. The van der Waals surface area contributed by atoms with E-state index >= 15 is 0 Å². The van der Waals surface area contributed by atoms with Crippen LogP contribution in [0, 0.1) is 12.8 Å². The van der Waals surface area contributed by atoms with Gasteiger partial charge in [0.15, 0.2) is 0 Å². The summed E-state index contributed by atoms with van der Waals surface area (Å²) >= 11 is 0. The van der Waals surface area contributed by atoms with Gasteiger partial charge in [-0.05, 0) is 58.0 Å². The van der Waals surface area contributed by atoms with E-state index in [1.165, 1.54) is 0 Å². The summed E-state index contributed by atoms with van der Waals surface area (Å²) in [5, 5.41) is 7.42. The smallest absolute Gasteiger partial charge is 0.223 e. The van der Waals surface area contributed by atoms with Crippen molar-refractivity contribution in [3.63, 3.8) is 0 Å². The van der Waals surface area contributed by atoms with Gasteiger partial charge in [0.05, 0.1) is 13.2 Å². The van der Waals surface area contributed by atoms with Crippen molar-refractivity contribution in [3.8, 4) is 5.75 Å². The second kappa shape index (κ2) is 7.90. The van der Waals surface area contributed by atoms with Gasteiger partial charge in [0.2, 0.25) is 5.91 Å². The molecule has 24 heavy (non-hydrogen) atoms. The lowest BCUT2D eigenvalue weighted by molar-refractivity contribution is -0.126. The SMILES string of the molecule is COc1ccc2oc(C(C)NC(=O)C3CCNCC3)c(C)c2c1.Cl. The van der Waals surface area contributed by atoms with Gasteiger partial charge in [-0.2, -0.15) is 0 Å². The quantitative estimate of drug-likeness (QED) is 0.885. The van der Waals surface area contributed by atoms with E-state index < -0.39 is 0 Å². The van der Waals surface area contributed by atoms with E-state index in [-0.39, 0.29) is 30.3 Å². The fraction of sp³-hybridized carbons (Fsp3) is 0.500. The van der Waals surface area contributed by atoms with Gasteiger partial charge in [0.1, 0.15) is 17.1 Å². The Hall–Kier alpha value is -1.72. The number of rotatable bonds is 4. The molecule has 0 aliphatic carbocycles. The minimum absolute atomic E-state index is 0. The monoisotopic (exact) mass is 352 g/mol. The molecule has 2 heterocycles. The number of methoxy groups -OCH3 is 1. The Morgan fingerprint density at radius 2 is 2.08 bits per heavy atom. The molecule has 1 atom stereocenters. The molecular formula is C18H25ClN2O3. The number of nitrogens with one attached hydrogen (secondary N) is 2. The third kappa shape index (κ3) is 3.68. The van der Waals surface area contributed by atoms with E-state index in [0.717, 1.165) is 54.0 Å². The first kappa shape index (κ1) is 18.6. The van der Waals surface area contributed by atoms with Crippen LogP contribution in [-0.2, 0) is 4.79 Å². The molecule has 1 aromatic carbocycles. The second-order valence-corrected chi connectivity index (χ2v) is 6.21. The molecule has 1 aromatic heterocycles. The van der Waals surface area contributed by atoms with Crippen LogP contribution in [0.5, 0.6) is 5.75 Å². The van der Waals surface area contributed by atoms with E-state index in [0.29, 0.717) is 0 Å². The van der Waals surface area contributed by atoms with Crippen molar-refractivity contribution < 1.29 is 13.9 Å². The Balaban J connectivity index is 0.00000208. The Kier molecular flexibility index (Phi) is 6.13. The fourth-order valence-corrected chi connectivity index (χ4v) is 3.24. The van der Waals surface area contributed by atoms with Crippen LogP contribution in [0.3, 0.4) is 0 Å². The van der Waals surface area contributed by atoms with Gasteiger partial charge < -0.3 is 19.8 Å². The Bertz CT molecular complexity index is 708. The fourth-order valence-electron chi connectivity index (χ4n) is 3.24. The van der Waals surface area contributed by atoms with Crippen LogP contribution in [0.4, 0.5) is 0 Å². The molecule has 0 saturated carbocycles. The van der Waals surface area contributed by atoms with Crippen LogP contribution in [0.15, 0.2) is 22.6 Å². The van der Waals surface area contributed by atoms with E-state index in [2.05, 4.69) is 10.6 Å². The highest BCUT2D eigenvalue weighted by atomic mass is 35.5. The number of halogens is 1. The number of fused-ring (bicyclic) bond motifs is 1. The van der Waals surface area contributed by atoms with Gasteiger partial charge in [0, 0.05) is 16.9 Å². The highest BCUT2D eigenvalue weighted by Crippen LogP contribution is 2.32. The first-order valence-corrected chi connectivity index (χ1v) is 8.18. The number of amides is 1. The molecule has 0 radical (unpaired) electrons. The number of piperidine rings is 1. The normalized spacial score (nSPS) is 16.5. The lowest BCUT2D eigenvalue weighted by Gasteiger charge is -2.23. The third-order valence-electron chi connectivity index (χ3n) is 4.64. The molecule has 1 saturated heterocycles. The lowest BCUT2D eigenvalue weighted by Crippen LogP contribution is -2.39.